The fourth-order valence-electron chi connectivity index (χ4n) is 3.28. The van der Waals surface area contributed by atoms with E-state index >= 15 is 0 Å². The van der Waals surface area contributed by atoms with Crippen LogP contribution in [0.5, 0.6) is 11.5 Å². The summed E-state index contributed by atoms with van der Waals surface area (Å²) in [6.07, 6.45) is 1.34. The quantitative estimate of drug-likeness (QED) is 0.589. The molecule has 0 bridgehead atoms. The highest BCUT2D eigenvalue weighted by Gasteiger charge is 2.28. The number of carbonyl (C=O) groups excluding carboxylic acids is 2. The molecule has 0 spiro atoms. The molecule has 2 rings (SSSR count). The Balaban J connectivity index is 2.22. The average molecular weight is 427 g/mol. The van der Waals surface area contributed by atoms with E-state index in [1.807, 2.05) is 70.2 Å². The van der Waals surface area contributed by atoms with Gasteiger partial charge in [-0.05, 0) is 67.6 Å². The lowest BCUT2D eigenvalue weighted by Crippen LogP contribution is -2.50. The van der Waals surface area contributed by atoms with Crippen molar-refractivity contribution >= 4 is 11.8 Å². The van der Waals surface area contributed by atoms with E-state index < -0.39 is 6.04 Å². The van der Waals surface area contributed by atoms with E-state index in [2.05, 4.69) is 5.32 Å². The van der Waals surface area contributed by atoms with Gasteiger partial charge in [0.15, 0.2) is 6.61 Å². The van der Waals surface area contributed by atoms with Crippen molar-refractivity contribution in [1.82, 2.24) is 10.2 Å². The Hall–Kier alpha value is -3.02. The molecule has 6 nitrogen and oxygen atoms in total. The van der Waals surface area contributed by atoms with Crippen LogP contribution in [0.3, 0.4) is 0 Å². The number of carbonyl (C=O) groups is 2. The molecule has 1 atom stereocenters. The van der Waals surface area contributed by atoms with Crippen LogP contribution in [-0.2, 0) is 16.1 Å². The number of aryl methyl sites for hydroxylation is 2. The summed E-state index contributed by atoms with van der Waals surface area (Å²) in [6, 6.07) is 12.7. The van der Waals surface area contributed by atoms with Gasteiger partial charge >= 0.3 is 0 Å². The standard InChI is InChI=1S/C25H34N2O4/c1-6-13-26-25(29)23(7-2)27(16-20-9-8-10-21(15-20)30-5)24(28)17-31-22-12-11-18(3)19(4)14-22/h8-12,14-15,23H,6-7,13,16-17H2,1-5H3,(H,26,29)/t23-/m1/s1. The number of methoxy groups -OCH3 is 1. The number of benzene rings is 2. The van der Waals surface area contributed by atoms with Crippen molar-refractivity contribution in [3.63, 3.8) is 0 Å². The molecule has 0 aliphatic rings. The van der Waals surface area contributed by atoms with Gasteiger partial charge in [0.2, 0.25) is 5.91 Å². The first-order valence-electron chi connectivity index (χ1n) is 10.8. The van der Waals surface area contributed by atoms with Gasteiger partial charge in [0.1, 0.15) is 17.5 Å². The molecule has 2 aromatic rings. The Morgan fingerprint density at radius 3 is 2.45 bits per heavy atom. The van der Waals surface area contributed by atoms with Crippen molar-refractivity contribution in [2.45, 2.75) is 53.1 Å². The molecule has 0 unspecified atom stereocenters. The molecule has 0 radical (unpaired) electrons. The van der Waals surface area contributed by atoms with Gasteiger partial charge in [0.25, 0.3) is 5.91 Å². The summed E-state index contributed by atoms with van der Waals surface area (Å²) in [6.45, 7) is 8.68. The zero-order chi connectivity index (χ0) is 22.8. The van der Waals surface area contributed by atoms with Gasteiger partial charge in [-0.15, -0.1) is 0 Å². The van der Waals surface area contributed by atoms with Gasteiger partial charge in [-0.25, -0.2) is 0 Å². The molecular formula is C25H34N2O4. The summed E-state index contributed by atoms with van der Waals surface area (Å²) >= 11 is 0. The van der Waals surface area contributed by atoms with Crippen LogP contribution in [0.25, 0.3) is 0 Å². The van der Waals surface area contributed by atoms with Crippen molar-refractivity contribution in [3.8, 4) is 11.5 Å². The first kappa shape index (κ1) is 24.3. The lowest BCUT2D eigenvalue weighted by atomic mass is 10.1. The number of rotatable bonds is 11. The molecule has 0 heterocycles. The van der Waals surface area contributed by atoms with Crippen LogP contribution in [0.4, 0.5) is 0 Å². The molecule has 2 amide bonds. The number of hydrogen-bond donors (Lipinski definition) is 1. The van der Waals surface area contributed by atoms with E-state index in [9.17, 15) is 9.59 Å². The summed E-state index contributed by atoms with van der Waals surface area (Å²) in [4.78, 5) is 27.6. The Labute approximate surface area is 185 Å². The predicted octanol–water partition coefficient (Wildman–Crippen LogP) is 4.02. The summed E-state index contributed by atoms with van der Waals surface area (Å²) in [5, 5.41) is 2.92. The van der Waals surface area contributed by atoms with E-state index in [0.29, 0.717) is 31.0 Å². The summed E-state index contributed by atoms with van der Waals surface area (Å²) in [5.41, 5.74) is 3.15. The molecule has 168 valence electrons. The van der Waals surface area contributed by atoms with Crippen LogP contribution in [0.15, 0.2) is 42.5 Å². The third-order valence-electron chi connectivity index (χ3n) is 5.26. The van der Waals surface area contributed by atoms with Crippen LogP contribution >= 0.6 is 0 Å². The molecule has 1 N–H and O–H groups in total. The molecular weight excluding hydrogens is 392 g/mol. The van der Waals surface area contributed by atoms with E-state index in [0.717, 1.165) is 23.1 Å². The van der Waals surface area contributed by atoms with E-state index in [4.69, 9.17) is 9.47 Å². The molecule has 2 aromatic carbocycles. The molecule has 0 fully saturated rings. The Kier molecular flexibility index (Phi) is 9.38. The second-order valence-corrected chi connectivity index (χ2v) is 7.62. The highest BCUT2D eigenvalue weighted by atomic mass is 16.5. The van der Waals surface area contributed by atoms with Gasteiger partial charge in [0.05, 0.1) is 7.11 Å². The normalized spacial score (nSPS) is 11.5. The van der Waals surface area contributed by atoms with E-state index in [1.165, 1.54) is 0 Å². The number of nitrogens with zero attached hydrogens (tertiary/aromatic N) is 1. The van der Waals surface area contributed by atoms with Gasteiger partial charge in [-0.2, -0.15) is 0 Å². The van der Waals surface area contributed by atoms with Crippen molar-refractivity contribution in [1.29, 1.82) is 0 Å². The van der Waals surface area contributed by atoms with Crippen LogP contribution < -0.4 is 14.8 Å². The topological polar surface area (TPSA) is 67.9 Å². The average Bonchev–Trinajstić information content (AvgIpc) is 2.78. The van der Waals surface area contributed by atoms with Crippen molar-refractivity contribution in [2.24, 2.45) is 0 Å². The summed E-state index contributed by atoms with van der Waals surface area (Å²) < 4.78 is 11.1. The Morgan fingerprint density at radius 1 is 1.03 bits per heavy atom. The highest BCUT2D eigenvalue weighted by Crippen LogP contribution is 2.19. The zero-order valence-electron chi connectivity index (χ0n) is 19.2. The van der Waals surface area contributed by atoms with E-state index in [-0.39, 0.29) is 18.4 Å². The van der Waals surface area contributed by atoms with E-state index in [1.54, 1.807) is 12.0 Å². The van der Waals surface area contributed by atoms with Crippen LogP contribution in [0, 0.1) is 13.8 Å². The first-order valence-corrected chi connectivity index (χ1v) is 10.8. The summed E-state index contributed by atoms with van der Waals surface area (Å²) in [7, 11) is 1.60. The first-order chi connectivity index (χ1) is 14.9. The van der Waals surface area contributed by atoms with Crippen molar-refractivity contribution < 1.29 is 19.1 Å². The minimum absolute atomic E-state index is 0.135. The molecule has 0 aliphatic heterocycles. The van der Waals surface area contributed by atoms with Crippen molar-refractivity contribution in [2.75, 3.05) is 20.3 Å². The molecule has 0 aromatic heterocycles. The molecule has 0 aliphatic carbocycles. The second kappa shape index (κ2) is 12.0. The monoisotopic (exact) mass is 426 g/mol. The number of hydrogen-bond acceptors (Lipinski definition) is 4. The Morgan fingerprint density at radius 2 is 1.81 bits per heavy atom. The predicted molar refractivity (Wildman–Crippen MR) is 122 cm³/mol. The van der Waals surface area contributed by atoms with Crippen molar-refractivity contribution in [3.05, 3.63) is 59.2 Å². The second-order valence-electron chi connectivity index (χ2n) is 7.62. The SMILES string of the molecule is CCCNC(=O)[C@@H](CC)N(Cc1cccc(OC)c1)C(=O)COc1ccc(C)c(C)c1. The fourth-order valence-corrected chi connectivity index (χ4v) is 3.28. The zero-order valence-corrected chi connectivity index (χ0v) is 19.2. The highest BCUT2D eigenvalue weighted by molar-refractivity contribution is 5.88. The minimum atomic E-state index is -0.575. The van der Waals surface area contributed by atoms with Gasteiger partial charge in [0, 0.05) is 13.1 Å². The lowest BCUT2D eigenvalue weighted by Gasteiger charge is -2.30. The molecule has 6 heteroatoms. The number of nitrogens with one attached hydrogen (secondary N) is 1. The Bertz CT molecular complexity index is 882. The lowest BCUT2D eigenvalue weighted by molar-refractivity contribution is -0.143. The van der Waals surface area contributed by atoms with Gasteiger partial charge in [-0.3, -0.25) is 9.59 Å². The summed E-state index contributed by atoms with van der Waals surface area (Å²) in [5.74, 6) is 0.965. The maximum absolute atomic E-state index is 13.2. The van der Waals surface area contributed by atoms with Gasteiger partial charge < -0.3 is 19.7 Å². The van der Waals surface area contributed by atoms with Crippen LogP contribution in [0.2, 0.25) is 0 Å². The largest absolute Gasteiger partial charge is 0.497 e. The minimum Gasteiger partial charge on any atom is -0.497 e. The van der Waals surface area contributed by atoms with Crippen LogP contribution in [0.1, 0.15) is 43.4 Å². The fraction of sp³-hybridized carbons (Fsp3) is 0.440. The maximum Gasteiger partial charge on any atom is 0.261 e. The third kappa shape index (κ3) is 7.02. The maximum atomic E-state index is 13.2. The smallest absolute Gasteiger partial charge is 0.261 e. The molecule has 0 saturated heterocycles. The molecule has 0 saturated carbocycles. The van der Waals surface area contributed by atoms with Crippen LogP contribution in [-0.4, -0.2) is 43.0 Å². The van der Waals surface area contributed by atoms with Gasteiger partial charge in [-0.1, -0.05) is 32.0 Å². The number of ether oxygens (including phenoxy) is 2. The number of amides is 2. The third-order valence-corrected chi connectivity index (χ3v) is 5.26. The molecule has 31 heavy (non-hydrogen) atoms.